The third-order valence-electron chi connectivity index (χ3n) is 12.9. The Bertz CT molecular complexity index is 720. The van der Waals surface area contributed by atoms with Gasteiger partial charge in [-0.25, -0.2) is 0 Å². The predicted molar refractivity (Wildman–Crippen MR) is 124 cm³/mol. The Morgan fingerprint density at radius 2 is 1.53 bits per heavy atom. The van der Waals surface area contributed by atoms with Crippen molar-refractivity contribution in [2.45, 2.75) is 104 Å². The second-order valence-electron chi connectivity index (χ2n) is 13.7. The standard InChI is InChI=1S/C27H48N2O/c1-17(29(7)8)22-18(30)15-25(5)20-10-9-19-23(2,3)21(28-6)11-12-26(19)16-27(20,26)14-13-24(22,25)4/h17-22,28,30H,9-16H2,1-8H3/t17?,18-,19?,20?,21?,22?,24?,25+,26?,27?/m1/s1. The second-order valence-corrected chi connectivity index (χ2v) is 13.7. The van der Waals surface area contributed by atoms with Crippen molar-refractivity contribution in [3.63, 3.8) is 0 Å². The first-order valence-electron chi connectivity index (χ1n) is 12.9. The number of hydrogen-bond acceptors (Lipinski definition) is 3. The fourth-order valence-corrected chi connectivity index (χ4v) is 11.2. The molecule has 0 saturated heterocycles. The summed E-state index contributed by atoms with van der Waals surface area (Å²) < 4.78 is 0. The molecule has 0 aromatic carbocycles. The summed E-state index contributed by atoms with van der Waals surface area (Å²) in [6.45, 7) is 12.7. The van der Waals surface area contributed by atoms with Gasteiger partial charge in [0.15, 0.2) is 0 Å². The van der Waals surface area contributed by atoms with Crippen molar-refractivity contribution >= 4 is 0 Å². The summed E-state index contributed by atoms with van der Waals surface area (Å²) in [6, 6.07) is 1.11. The molecule has 30 heavy (non-hydrogen) atoms. The van der Waals surface area contributed by atoms with Crippen LogP contribution >= 0.6 is 0 Å². The Morgan fingerprint density at radius 1 is 0.900 bits per heavy atom. The molecule has 2 spiro atoms. The lowest BCUT2D eigenvalue weighted by atomic mass is 9.42. The van der Waals surface area contributed by atoms with E-state index in [0.29, 0.717) is 34.2 Å². The minimum absolute atomic E-state index is 0.142. The molecule has 0 aromatic rings. The number of rotatable bonds is 3. The maximum absolute atomic E-state index is 11.4. The van der Waals surface area contributed by atoms with Crippen molar-refractivity contribution in [1.82, 2.24) is 10.2 Å². The van der Waals surface area contributed by atoms with Gasteiger partial charge in [0.2, 0.25) is 0 Å². The Labute approximate surface area is 185 Å². The van der Waals surface area contributed by atoms with E-state index < -0.39 is 0 Å². The SMILES string of the molecule is CNC1CCC23CC24CCC2(C)C(C(C)N(C)C)[C@H](O)C[C@@]2(C)C4CCC3C1(C)C. The van der Waals surface area contributed by atoms with Crippen LogP contribution in [0.3, 0.4) is 0 Å². The lowest BCUT2D eigenvalue weighted by molar-refractivity contribution is -0.146. The molecule has 3 heteroatoms. The van der Waals surface area contributed by atoms with Crippen molar-refractivity contribution in [1.29, 1.82) is 0 Å². The molecule has 3 nitrogen and oxygen atoms in total. The number of aliphatic hydroxyl groups excluding tert-OH is 1. The molecule has 10 atom stereocenters. The van der Waals surface area contributed by atoms with Gasteiger partial charge in [-0.2, -0.15) is 0 Å². The Morgan fingerprint density at radius 3 is 2.17 bits per heavy atom. The van der Waals surface area contributed by atoms with E-state index in [1.807, 2.05) is 0 Å². The van der Waals surface area contributed by atoms with Crippen LogP contribution in [0, 0.1) is 44.8 Å². The summed E-state index contributed by atoms with van der Waals surface area (Å²) >= 11 is 0. The average molecular weight is 417 g/mol. The lowest BCUT2D eigenvalue weighted by Gasteiger charge is -2.63. The van der Waals surface area contributed by atoms with Crippen LogP contribution in [0.25, 0.3) is 0 Å². The van der Waals surface area contributed by atoms with Gasteiger partial charge in [-0.1, -0.05) is 27.7 Å². The Kier molecular flexibility index (Phi) is 4.53. The van der Waals surface area contributed by atoms with Crippen LogP contribution < -0.4 is 5.32 Å². The smallest absolute Gasteiger partial charge is 0.0594 e. The molecule has 8 unspecified atom stereocenters. The number of nitrogens with zero attached hydrogens (tertiary/aromatic N) is 1. The number of aliphatic hydroxyl groups is 1. The Hall–Kier alpha value is -0.120. The van der Waals surface area contributed by atoms with E-state index in [1.165, 1.54) is 44.9 Å². The van der Waals surface area contributed by atoms with E-state index >= 15 is 0 Å². The van der Waals surface area contributed by atoms with Crippen molar-refractivity contribution in [3.8, 4) is 0 Å². The molecular weight excluding hydrogens is 368 g/mol. The third-order valence-corrected chi connectivity index (χ3v) is 12.9. The summed E-state index contributed by atoms with van der Waals surface area (Å²) in [6.07, 6.45) is 10.7. The molecule has 5 saturated carbocycles. The Balaban J connectivity index is 1.51. The van der Waals surface area contributed by atoms with Crippen LogP contribution in [0.15, 0.2) is 0 Å². The summed E-state index contributed by atoms with van der Waals surface area (Å²) in [5.74, 6) is 2.10. The van der Waals surface area contributed by atoms with E-state index in [0.717, 1.165) is 18.3 Å². The molecular formula is C27H48N2O. The molecule has 172 valence electrons. The van der Waals surface area contributed by atoms with Gasteiger partial charge in [-0.15, -0.1) is 0 Å². The van der Waals surface area contributed by atoms with Crippen molar-refractivity contribution in [3.05, 3.63) is 0 Å². The molecule has 0 aliphatic heterocycles. The molecule has 2 N–H and O–H groups in total. The summed E-state index contributed by atoms with van der Waals surface area (Å²) in [4.78, 5) is 2.35. The first-order chi connectivity index (χ1) is 13.9. The van der Waals surface area contributed by atoms with Gasteiger partial charge in [0.1, 0.15) is 0 Å². The highest BCUT2D eigenvalue weighted by molar-refractivity contribution is 5.31. The van der Waals surface area contributed by atoms with Gasteiger partial charge < -0.3 is 15.3 Å². The molecule has 0 heterocycles. The highest BCUT2D eigenvalue weighted by Gasteiger charge is 2.82. The normalized spacial score (nSPS) is 57.2. The summed E-state index contributed by atoms with van der Waals surface area (Å²) in [5, 5.41) is 15.1. The highest BCUT2D eigenvalue weighted by Crippen LogP contribution is 2.88. The maximum Gasteiger partial charge on any atom is 0.0594 e. The predicted octanol–water partition coefficient (Wildman–Crippen LogP) is 4.93. The molecule has 5 fully saturated rings. The highest BCUT2D eigenvalue weighted by atomic mass is 16.3. The molecule has 0 radical (unpaired) electrons. The number of fused-ring (bicyclic) bond motifs is 2. The minimum atomic E-state index is -0.142. The van der Waals surface area contributed by atoms with Crippen LogP contribution in [-0.2, 0) is 0 Å². The largest absolute Gasteiger partial charge is 0.393 e. The van der Waals surface area contributed by atoms with Gasteiger partial charge in [0, 0.05) is 18.0 Å². The van der Waals surface area contributed by atoms with Gasteiger partial charge in [0.05, 0.1) is 6.10 Å². The van der Waals surface area contributed by atoms with E-state index in [1.54, 1.807) is 0 Å². The number of hydrogen-bond donors (Lipinski definition) is 2. The van der Waals surface area contributed by atoms with E-state index in [4.69, 9.17) is 0 Å². The molecule has 5 aliphatic rings. The molecule has 0 amide bonds. The quantitative estimate of drug-likeness (QED) is 0.684. The zero-order chi connectivity index (χ0) is 21.9. The van der Waals surface area contributed by atoms with Crippen LogP contribution in [0.2, 0.25) is 0 Å². The maximum atomic E-state index is 11.4. The summed E-state index contributed by atoms with van der Waals surface area (Å²) in [7, 11) is 6.58. The van der Waals surface area contributed by atoms with Crippen LogP contribution in [0.5, 0.6) is 0 Å². The fourth-order valence-electron chi connectivity index (χ4n) is 11.2. The summed E-state index contributed by atoms with van der Waals surface area (Å²) in [5.41, 5.74) is 2.14. The van der Waals surface area contributed by atoms with Gasteiger partial charge in [-0.05, 0) is 118 Å². The van der Waals surface area contributed by atoms with Gasteiger partial charge in [-0.3, -0.25) is 0 Å². The second kappa shape index (κ2) is 6.26. The molecule has 0 bridgehead atoms. The van der Waals surface area contributed by atoms with Crippen molar-refractivity contribution < 1.29 is 5.11 Å². The third kappa shape index (κ3) is 2.24. The van der Waals surface area contributed by atoms with E-state index in [-0.39, 0.29) is 16.9 Å². The zero-order valence-electron chi connectivity index (χ0n) is 21.0. The topological polar surface area (TPSA) is 35.5 Å². The monoisotopic (exact) mass is 416 g/mol. The van der Waals surface area contributed by atoms with Crippen molar-refractivity contribution in [2.24, 2.45) is 44.8 Å². The van der Waals surface area contributed by atoms with Gasteiger partial charge in [0.25, 0.3) is 0 Å². The van der Waals surface area contributed by atoms with Crippen LogP contribution in [-0.4, -0.2) is 49.3 Å². The zero-order valence-corrected chi connectivity index (χ0v) is 21.0. The minimum Gasteiger partial charge on any atom is -0.393 e. The molecule has 5 aliphatic carbocycles. The van der Waals surface area contributed by atoms with Gasteiger partial charge >= 0.3 is 0 Å². The average Bonchev–Trinajstić information content (AvgIpc) is 3.27. The van der Waals surface area contributed by atoms with Crippen LogP contribution in [0.4, 0.5) is 0 Å². The lowest BCUT2D eigenvalue weighted by Crippen LogP contribution is -2.59. The first kappa shape index (κ1) is 21.7. The van der Waals surface area contributed by atoms with Crippen molar-refractivity contribution in [2.75, 3.05) is 21.1 Å². The number of nitrogens with one attached hydrogen (secondary N) is 1. The first-order valence-corrected chi connectivity index (χ1v) is 12.9. The fraction of sp³-hybridized carbons (Fsp3) is 1.00. The van der Waals surface area contributed by atoms with E-state index in [2.05, 4.69) is 66.0 Å². The van der Waals surface area contributed by atoms with E-state index in [9.17, 15) is 5.11 Å². The molecule has 0 aromatic heterocycles. The van der Waals surface area contributed by atoms with Crippen LogP contribution in [0.1, 0.15) is 86.0 Å². The molecule has 5 rings (SSSR count).